The summed E-state index contributed by atoms with van der Waals surface area (Å²) in [7, 11) is 0. The van der Waals surface area contributed by atoms with Gasteiger partial charge in [-0.05, 0) is 37.1 Å². The molecule has 0 amide bonds. The third kappa shape index (κ3) is 4.91. The van der Waals surface area contributed by atoms with Gasteiger partial charge in [0, 0.05) is 23.4 Å². The van der Waals surface area contributed by atoms with Crippen LogP contribution in [0.3, 0.4) is 0 Å². The first kappa shape index (κ1) is 18.1. The molecule has 2 aromatic carbocycles. The number of alkyl halides is 3. The highest BCUT2D eigenvalue weighted by Crippen LogP contribution is 2.30. The highest BCUT2D eigenvalue weighted by atomic mass is 19.4. The number of aromatic nitrogens is 2. The number of rotatable bonds is 6. The second-order valence-corrected chi connectivity index (χ2v) is 6.45. The van der Waals surface area contributed by atoms with Gasteiger partial charge in [0.15, 0.2) is 0 Å². The zero-order chi connectivity index (χ0) is 19.6. The molecule has 144 valence electrons. The lowest BCUT2D eigenvalue weighted by molar-refractivity contribution is -0.274. The van der Waals surface area contributed by atoms with E-state index in [1.54, 1.807) is 12.1 Å². The van der Waals surface area contributed by atoms with Gasteiger partial charge in [0.05, 0.1) is 5.69 Å². The number of hydrogen-bond acceptors (Lipinski definition) is 5. The summed E-state index contributed by atoms with van der Waals surface area (Å²) < 4.78 is 41.6. The molecular formula is C20H17F3N4O. The highest BCUT2D eigenvalue weighted by Gasteiger charge is 2.31. The maximum Gasteiger partial charge on any atom is 0.573 e. The van der Waals surface area contributed by atoms with E-state index in [1.807, 2.05) is 30.3 Å². The van der Waals surface area contributed by atoms with E-state index in [9.17, 15) is 13.2 Å². The molecule has 28 heavy (non-hydrogen) atoms. The van der Waals surface area contributed by atoms with Crippen LogP contribution >= 0.6 is 0 Å². The smallest absolute Gasteiger partial charge is 0.406 e. The fourth-order valence-corrected chi connectivity index (χ4v) is 2.66. The third-order valence-corrected chi connectivity index (χ3v) is 4.05. The van der Waals surface area contributed by atoms with Crippen LogP contribution < -0.4 is 15.4 Å². The molecule has 3 aromatic rings. The van der Waals surface area contributed by atoms with E-state index in [0.29, 0.717) is 29.1 Å². The molecule has 8 heteroatoms. The molecule has 0 radical (unpaired) electrons. The Morgan fingerprint density at radius 1 is 0.929 bits per heavy atom. The predicted molar refractivity (Wildman–Crippen MR) is 101 cm³/mol. The van der Waals surface area contributed by atoms with Crippen molar-refractivity contribution in [2.45, 2.75) is 25.2 Å². The lowest BCUT2D eigenvalue weighted by atomic mass is 10.1. The Labute approximate surface area is 159 Å². The first-order chi connectivity index (χ1) is 13.4. The summed E-state index contributed by atoms with van der Waals surface area (Å²) in [5.41, 5.74) is 1.84. The Hall–Kier alpha value is -3.29. The molecule has 1 fully saturated rings. The Balaban J connectivity index is 1.67. The molecule has 0 unspecified atom stereocenters. The van der Waals surface area contributed by atoms with Crippen LogP contribution in [0.2, 0.25) is 0 Å². The molecule has 0 saturated heterocycles. The monoisotopic (exact) mass is 386 g/mol. The summed E-state index contributed by atoms with van der Waals surface area (Å²) in [6, 6.07) is 17.3. The standard InChI is InChI=1S/C20H17F3N4O/c21-20(22,23)28-16-8-4-5-13(11-16)17-12-18(24-14-6-2-1-3-7-14)27-19(26-17)25-15-9-10-15/h1-8,11-12,15H,9-10H2,(H2,24,25,26,27). The van der Waals surface area contributed by atoms with Crippen LogP contribution in [0.4, 0.5) is 30.6 Å². The van der Waals surface area contributed by atoms with Gasteiger partial charge in [-0.3, -0.25) is 0 Å². The molecule has 0 aliphatic heterocycles. The van der Waals surface area contributed by atoms with Gasteiger partial charge < -0.3 is 15.4 Å². The summed E-state index contributed by atoms with van der Waals surface area (Å²) >= 11 is 0. The van der Waals surface area contributed by atoms with Crippen molar-refractivity contribution in [3.8, 4) is 17.0 Å². The van der Waals surface area contributed by atoms with Crippen LogP contribution in [-0.2, 0) is 0 Å². The average Bonchev–Trinajstić information content (AvgIpc) is 3.45. The minimum Gasteiger partial charge on any atom is -0.406 e. The number of ether oxygens (including phenoxy) is 1. The fraction of sp³-hybridized carbons (Fsp3) is 0.200. The molecule has 1 saturated carbocycles. The van der Waals surface area contributed by atoms with Gasteiger partial charge in [0.2, 0.25) is 5.95 Å². The number of anilines is 3. The summed E-state index contributed by atoms with van der Waals surface area (Å²) in [5.74, 6) is 0.681. The van der Waals surface area contributed by atoms with Crippen LogP contribution in [0.1, 0.15) is 12.8 Å². The van der Waals surface area contributed by atoms with Crippen molar-refractivity contribution >= 4 is 17.5 Å². The molecule has 1 aliphatic rings. The molecule has 5 nitrogen and oxygen atoms in total. The fourth-order valence-electron chi connectivity index (χ4n) is 2.66. The molecule has 1 aliphatic carbocycles. The average molecular weight is 386 g/mol. The van der Waals surface area contributed by atoms with Crippen LogP contribution in [0.5, 0.6) is 5.75 Å². The molecule has 2 N–H and O–H groups in total. The number of para-hydroxylation sites is 1. The van der Waals surface area contributed by atoms with E-state index in [0.717, 1.165) is 18.5 Å². The third-order valence-electron chi connectivity index (χ3n) is 4.05. The Morgan fingerprint density at radius 2 is 1.71 bits per heavy atom. The van der Waals surface area contributed by atoms with E-state index >= 15 is 0 Å². The lowest BCUT2D eigenvalue weighted by Gasteiger charge is -2.13. The van der Waals surface area contributed by atoms with Gasteiger partial charge in [-0.25, -0.2) is 4.98 Å². The summed E-state index contributed by atoms with van der Waals surface area (Å²) in [6.07, 6.45) is -2.66. The largest absolute Gasteiger partial charge is 0.573 e. The summed E-state index contributed by atoms with van der Waals surface area (Å²) in [6.45, 7) is 0. The van der Waals surface area contributed by atoms with E-state index < -0.39 is 6.36 Å². The molecule has 4 rings (SSSR count). The van der Waals surface area contributed by atoms with Crippen molar-refractivity contribution in [3.63, 3.8) is 0 Å². The first-order valence-corrected chi connectivity index (χ1v) is 8.78. The minimum absolute atomic E-state index is 0.294. The Morgan fingerprint density at radius 3 is 2.43 bits per heavy atom. The van der Waals surface area contributed by atoms with Crippen molar-refractivity contribution < 1.29 is 17.9 Å². The quantitative estimate of drug-likeness (QED) is 0.597. The summed E-state index contributed by atoms with van der Waals surface area (Å²) in [5, 5.41) is 6.43. The minimum atomic E-state index is -4.75. The van der Waals surface area contributed by atoms with Crippen molar-refractivity contribution in [1.29, 1.82) is 0 Å². The Kier molecular flexibility index (Phi) is 4.77. The number of nitrogens with one attached hydrogen (secondary N) is 2. The predicted octanol–water partition coefficient (Wildman–Crippen LogP) is 5.36. The van der Waals surface area contributed by atoms with Gasteiger partial charge in [-0.1, -0.05) is 30.3 Å². The van der Waals surface area contributed by atoms with Crippen molar-refractivity contribution in [2.24, 2.45) is 0 Å². The maximum absolute atomic E-state index is 12.5. The number of halogens is 3. The molecular weight excluding hydrogens is 369 g/mol. The number of benzene rings is 2. The van der Waals surface area contributed by atoms with E-state index in [1.165, 1.54) is 18.2 Å². The lowest BCUT2D eigenvalue weighted by Crippen LogP contribution is -2.17. The van der Waals surface area contributed by atoms with Crippen molar-refractivity contribution in [2.75, 3.05) is 10.6 Å². The zero-order valence-electron chi connectivity index (χ0n) is 14.7. The highest BCUT2D eigenvalue weighted by molar-refractivity contribution is 5.68. The molecule has 1 heterocycles. The normalized spacial score (nSPS) is 13.8. The summed E-state index contributed by atoms with van der Waals surface area (Å²) in [4.78, 5) is 8.94. The second kappa shape index (κ2) is 7.38. The van der Waals surface area contributed by atoms with Gasteiger partial charge >= 0.3 is 6.36 Å². The Bertz CT molecular complexity index is 959. The van der Waals surface area contributed by atoms with Gasteiger partial charge in [0.1, 0.15) is 11.6 Å². The topological polar surface area (TPSA) is 59.1 Å². The molecule has 1 aromatic heterocycles. The first-order valence-electron chi connectivity index (χ1n) is 8.78. The molecule has 0 atom stereocenters. The number of hydrogen-bond donors (Lipinski definition) is 2. The van der Waals surface area contributed by atoms with Gasteiger partial charge in [-0.15, -0.1) is 13.2 Å². The van der Waals surface area contributed by atoms with Gasteiger partial charge in [-0.2, -0.15) is 4.98 Å². The van der Waals surface area contributed by atoms with E-state index in [-0.39, 0.29) is 5.75 Å². The SMILES string of the molecule is FC(F)(F)Oc1cccc(-c2cc(Nc3ccccc3)nc(NC3CC3)n2)c1. The zero-order valence-corrected chi connectivity index (χ0v) is 14.7. The van der Waals surface area contributed by atoms with Crippen LogP contribution in [0.15, 0.2) is 60.7 Å². The molecule has 0 spiro atoms. The van der Waals surface area contributed by atoms with Crippen LogP contribution in [-0.4, -0.2) is 22.4 Å². The number of nitrogens with zero attached hydrogens (tertiary/aromatic N) is 2. The maximum atomic E-state index is 12.5. The van der Waals surface area contributed by atoms with Crippen LogP contribution in [0, 0.1) is 0 Å². The van der Waals surface area contributed by atoms with Crippen molar-refractivity contribution in [1.82, 2.24) is 9.97 Å². The van der Waals surface area contributed by atoms with Crippen LogP contribution in [0.25, 0.3) is 11.3 Å². The molecule has 0 bridgehead atoms. The van der Waals surface area contributed by atoms with E-state index in [2.05, 4.69) is 25.3 Å². The van der Waals surface area contributed by atoms with E-state index in [4.69, 9.17) is 0 Å². The van der Waals surface area contributed by atoms with Gasteiger partial charge in [0.25, 0.3) is 0 Å². The van der Waals surface area contributed by atoms with Crippen molar-refractivity contribution in [3.05, 3.63) is 60.7 Å². The second-order valence-electron chi connectivity index (χ2n) is 6.45.